The molecule has 6 heteroatoms. The average Bonchev–Trinajstić information content (AvgIpc) is 2.57. The van der Waals surface area contributed by atoms with Crippen molar-refractivity contribution in [1.29, 1.82) is 0 Å². The Kier molecular flexibility index (Phi) is 4.43. The SMILES string of the molecule is O=C(CCc1ccccn1)NC1CCS(=O)(=O)c2ccccc21. The van der Waals surface area contributed by atoms with Crippen LogP contribution in [0.1, 0.15) is 30.1 Å². The Labute approximate surface area is 135 Å². The van der Waals surface area contributed by atoms with Gasteiger partial charge in [0.25, 0.3) is 0 Å². The lowest BCUT2D eigenvalue weighted by molar-refractivity contribution is -0.121. The number of carbonyl (C=O) groups excluding carboxylic acids is 1. The second-order valence-electron chi connectivity index (χ2n) is 5.59. The Morgan fingerprint density at radius 1 is 1.17 bits per heavy atom. The van der Waals surface area contributed by atoms with E-state index in [1.54, 1.807) is 30.5 Å². The Bertz CT molecular complexity index is 804. The van der Waals surface area contributed by atoms with Gasteiger partial charge < -0.3 is 5.32 Å². The summed E-state index contributed by atoms with van der Waals surface area (Å²) in [7, 11) is -3.23. The van der Waals surface area contributed by atoms with Gasteiger partial charge in [0, 0.05) is 18.3 Å². The first-order valence-corrected chi connectivity index (χ1v) is 9.22. The van der Waals surface area contributed by atoms with Gasteiger partial charge in [-0.3, -0.25) is 9.78 Å². The summed E-state index contributed by atoms with van der Waals surface area (Å²) in [5, 5.41) is 2.95. The van der Waals surface area contributed by atoms with Crippen LogP contribution in [0.4, 0.5) is 0 Å². The molecular weight excluding hydrogens is 312 g/mol. The number of aryl methyl sites for hydroxylation is 1. The highest BCUT2D eigenvalue weighted by Crippen LogP contribution is 2.31. The fourth-order valence-corrected chi connectivity index (χ4v) is 4.42. The Morgan fingerprint density at radius 3 is 2.74 bits per heavy atom. The van der Waals surface area contributed by atoms with Crippen LogP contribution in [0.5, 0.6) is 0 Å². The van der Waals surface area contributed by atoms with Gasteiger partial charge in [-0.05, 0) is 36.6 Å². The molecule has 0 aliphatic carbocycles. The van der Waals surface area contributed by atoms with Gasteiger partial charge in [-0.2, -0.15) is 0 Å². The molecule has 23 heavy (non-hydrogen) atoms. The summed E-state index contributed by atoms with van der Waals surface area (Å²) in [5.74, 6) is -0.0235. The topological polar surface area (TPSA) is 76.1 Å². The Hall–Kier alpha value is -2.21. The lowest BCUT2D eigenvalue weighted by Crippen LogP contribution is -2.34. The molecule has 0 bridgehead atoms. The molecule has 1 aliphatic rings. The highest BCUT2D eigenvalue weighted by molar-refractivity contribution is 7.91. The van der Waals surface area contributed by atoms with Gasteiger partial charge in [0.05, 0.1) is 16.7 Å². The van der Waals surface area contributed by atoms with Crippen molar-refractivity contribution in [1.82, 2.24) is 10.3 Å². The van der Waals surface area contributed by atoms with E-state index in [2.05, 4.69) is 10.3 Å². The molecule has 0 saturated heterocycles. The van der Waals surface area contributed by atoms with E-state index >= 15 is 0 Å². The largest absolute Gasteiger partial charge is 0.349 e. The van der Waals surface area contributed by atoms with E-state index in [1.807, 2.05) is 18.2 Å². The van der Waals surface area contributed by atoms with E-state index in [-0.39, 0.29) is 17.7 Å². The second kappa shape index (κ2) is 6.50. The van der Waals surface area contributed by atoms with E-state index in [0.29, 0.717) is 29.7 Å². The molecule has 2 heterocycles. The van der Waals surface area contributed by atoms with Crippen molar-refractivity contribution in [3.8, 4) is 0 Å². The number of carbonyl (C=O) groups is 1. The molecule has 1 aromatic carbocycles. The zero-order valence-electron chi connectivity index (χ0n) is 12.6. The van der Waals surface area contributed by atoms with Crippen molar-refractivity contribution < 1.29 is 13.2 Å². The lowest BCUT2D eigenvalue weighted by atomic mass is 10.0. The maximum Gasteiger partial charge on any atom is 0.220 e. The molecule has 1 aliphatic heterocycles. The summed E-state index contributed by atoms with van der Waals surface area (Å²) in [5.41, 5.74) is 1.55. The van der Waals surface area contributed by atoms with Gasteiger partial charge in [-0.25, -0.2) is 8.42 Å². The number of amides is 1. The van der Waals surface area contributed by atoms with Gasteiger partial charge in [-0.1, -0.05) is 24.3 Å². The Balaban J connectivity index is 1.68. The fraction of sp³-hybridized carbons (Fsp3) is 0.294. The van der Waals surface area contributed by atoms with Crippen LogP contribution in [-0.2, 0) is 21.1 Å². The predicted octanol–water partition coefficient (Wildman–Crippen LogP) is 2.05. The number of rotatable bonds is 4. The molecule has 0 spiro atoms. The fourth-order valence-electron chi connectivity index (χ4n) is 2.79. The van der Waals surface area contributed by atoms with Crippen molar-refractivity contribution in [2.75, 3.05) is 5.75 Å². The number of hydrogen-bond donors (Lipinski definition) is 1. The van der Waals surface area contributed by atoms with Crippen molar-refractivity contribution in [2.45, 2.75) is 30.2 Å². The number of benzene rings is 1. The van der Waals surface area contributed by atoms with Crippen LogP contribution in [0, 0.1) is 0 Å². The summed E-state index contributed by atoms with van der Waals surface area (Å²) in [4.78, 5) is 16.7. The molecule has 0 saturated carbocycles. The minimum atomic E-state index is -3.23. The first kappa shape index (κ1) is 15.7. The minimum absolute atomic E-state index is 0.0647. The maximum atomic E-state index is 12.2. The molecule has 0 fully saturated rings. The van der Waals surface area contributed by atoms with Gasteiger partial charge in [0.1, 0.15) is 0 Å². The minimum Gasteiger partial charge on any atom is -0.349 e. The number of hydrogen-bond acceptors (Lipinski definition) is 4. The maximum absolute atomic E-state index is 12.2. The Morgan fingerprint density at radius 2 is 1.96 bits per heavy atom. The van der Waals surface area contributed by atoms with Crippen molar-refractivity contribution in [3.63, 3.8) is 0 Å². The van der Waals surface area contributed by atoms with E-state index in [4.69, 9.17) is 0 Å². The first-order valence-electron chi connectivity index (χ1n) is 7.57. The smallest absolute Gasteiger partial charge is 0.220 e. The normalized spacial score (nSPS) is 18.9. The molecule has 5 nitrogen and oxygen atoms in total. The number of pyridine rings is 1. The first-order chi connectivity index (χ1) is 11.1. The van der Waals surface area contributed by atoms with Crippen LogP contribution >= 0.6 is 0 Å². The number of sulfone groups is 1. The van der Waals surface area contributed by atoms with Crippen molar-refractivity contribution in [2.24, 2.45) is 0 Å². The van der Waals surface area contributed by atoms with Crippen LogP contribution in [0.3, 0.4) is 0 Å². The van der Waals surface area contributed by atoms with Crippen molar-refractivity contribution >= 4 is 15.7 Å². The molecule has 1 N–H and O–H groups in total. The lowest BCUT2D eigenvalue weighted by Gasteiger charge is -2.26. The summed E-state index contributed by atoms with van der Waals surface area (Å²) in [6, 6.07) is 12.3. The molecule has 0 radical (unpaired) electrons. The summed E-state index contributed by atoms with van der Waals surface area (Å²) >= 11 is 0. The number of nitrogens with one attached hydrogen (secondary N) is 1. The third-order valence-corrected chi connectivity index (χ3v) is 5.79. The number of aromatic nitrogens is 1. The van der Waals surface area contributed by atoms with Crippen LogP contribution < -0.4 is 5.32 Å². The summed E-state index contributed by atoms with van der Waals surface area (Å²) < 4.78 is 24.2. The zero-order chi connectivity index (χ0) is 16.3. The van der Waals surface area contributed by atoms with E-state index in [0.717, 1.165) is 5.69 Å². The molecule has 120 valence electrons. The average molecular weight is 330 g/mol. The van der Waals surface area contributed by atoms with E-state index in [9.17, 15) is 13.2 Å². The van der Waals surface area contributed by atoms with Gasteiger partial charge in [0.15, 0.2) is 9.84 Å². The quantitative estimate of drug-likeness (QED) is 0.931. The van der Waals surface area contributed by atoms with Gasteiger partial charge in [-0.15, -0.1) is 0 Å². The molecule has 1 aromatic heterocycles. The molecule has 2 aromatic rings. The van der Waals surface area contributed by atoms with Crippen LogP contribution in [0.25, 0.3) is 0 Å². The molecule has 1 atom stereocenters. The van der Waals surface area contributed by atoms with E-state index in [1.165, 1.54) is 0 Å². The zero-order valence-corrected chi connectivity index (χ0v) is 13.4. The number of nitrogens with zero attached hydrogens (tertiary/aromatic N) is 1. The van der Waals surface area contributed by atoms with Crippen LogP contribution in [0.2, 0.25) is 0 Å². The van der Waals surface area contributed by atoms with Gasteiger partial charge in [0.2, 0.25) is 5.91 Å². The highest BCUT2D eigenvalue weighted by Gasteiger charge is 2.30. The summed E-state index contributed by atoms with van der Waals surface area (Å²) in [6.45, 7) is 0. The number of fused-ring (bicyclic) bond motifs is 1. The predicted molar refractivity (Wildman–Crippen MR) is 86.6 cm³/mol. The van der Waals surface area contributed by atoms with Crippen LogP contribution in [-0.4, -0.2) is 25.1 Å². The third-order valence-electron chi connectivity index (χ3n) is 3.97. The highest BCUT2D eigenvalue weighted by atomic mass is 32.2. The summed E-state index contributed by atoms with van der Waals surface area (Å²) in [6.07, 6.45) is 3.02. The molecular formula is C17H18N2O3S. The van der Waals surface area contributed by atoms with Gasteiger partial charge >= 0.3 is 0 Å². The third kappa shape index (κ3) is 3.59. The van der Waals surface area contributed by atoms with Crippen molar-refractivity contribution in [3.05, 3.63) is 59.9 Å². The van der Waals surface area contributed by atoms with Crippen LogP contribution in [0.15, 0.2) is 53.6 Å². The van der Waals surface area contributed by atoms with E-state index < -0.39 is 9.84 Å². The molecule has 1 amide bonds. The molecule has 1 unspecified atom stereocenters. The second-order valence-corrected chi connectivity index (χ2v) is 7.66. The standard InChI is InChI=1S/C17H18N2O3S/c20-17(9-8-13-5-3-4-11-18-13)19-15-10-12-23(21,22)16-7-2-1-6-14(15)16/h1-7,11,15H,8-10,12H2,(H,19,20). The monoisotopic (exact) mass is 330 g/mol. The molecule has 3 rings (SSSR count).